The van der Waals surface area contributed by atoms with E-state index in [0.717, 1.165) is 22.1 Å². The molecular formula is C21H21NO3. The lowest BCUT2D eigenvalue weighted by Gasteiger charge is -2.10. The lowest BCUT2D eigenvalue weighted by Crippen LogP contribution is -2.20. The number of hydrogen-bond acceptors (Lipinski definition) is 4. The van der Waals surface area contributed by atoms with E-state index < -0.39 is 5.63 Å². The van der Waals surface area contributed by atoms with Crippen LogP contribution in [0.25, 0.3) is 22.1 Å². The average molecular weight is 335 g/mol. The summed E-state index contributed by atoms with van der Waals surface area (Å²) >= 11 is 0. The first-order valence-electron chi connectivity index (χ1n) is 8.27. The van der Waals surface area contributed by atoms with Crippen molar-refractivity contribution in [3.05, 3.63) is 70.1 Å². The molecule has 0 aliphatic heterocycles. The number of rotatable bonds is 5. The largest absolute Gasteiger partial charge is 0.422 e. The minimum atomic E-state index is -0.569. The van der Waals surface area contributed by atoms with Crippen LogP contribution in [-0.2, 0) is 0 Å². The van der Waals surface area contributed by atoms with E-state index in [1.54, 1.807) is 6.07 Å². The van der Waals surface area contributed by atoms with Gasteiger partial charge >= 0.3 is 5.63 Å². The summed E-state index contributed by atoms with van der Waals surface area (Å²) in [6.45, 7) is 2.56. The first-order valence-corrected chi connectivity index (χ1v) is 8.27. The van der Waals surface area contributed by atoms with E-state index in [4.69, 9.17) is 4.42 Å². The zero-order chi connectivity index (χ0) is 18.0. The van der Waals surface area contributed by atoms with E-state index in [1.165, 1.54) is 0 Å². The molecule has 3 aromatic rings. The van der Waals surface area contributed by atoms with Crippen molar-refractivity contribution in [2.24, 2.45) is 0 Å². The highest BCUT2D eigenvalue weighted by molar-refractivity contribution is 5.99. The summed E-state index contributed by atoms with van der Waals surface area (Å²) in [6.07, 6.45) is 0.296. The molecule has 0 aliphatic carbocycles. The van der Waals surface area contributed by atoms with Gasteiger partial charge in [0.15, 0.2) is 5.78 Å². The summed E-state index contributed by atoms with van der Waals surface area (Å²) in [5.74, 6) is -0.184. The molecule has 0 saturated carbocycles. The molecule has 2 aromatic carbocycles. The van der Waals surface area contributed by atoms with Gasteiger partial charge in [0.05, 0.1) is 0 Å². The second-order valence-corrected chi connectivity index (χ2v) is 6.49. The van der Waals surface area contributed by atoms with Crippen molar-refractivity contribution in [3.8, 4) is 11.1 Å². The van der Waals surface area contributed by atoms with Gasteiger partial charge in [0, 0.05) is 18.4 Å². The van der Waals surface area contributed by atoms with Gasteiger partial charge in [-0.05, 0) is 49.8 Å². The number of Topliss-reactive ketones (excluding diaryl/α,β-unsaturated/α-hetero) is 1. The van der Waals surface area contributed by atoms with Gasteiger partial charge in [0.25, 0.3) is 0 Å². The van der Waals surface area contributed by atoms with Crippen molar-refractivity contribution in [1.29, 1.82) is 0 Å². The SMILES string of the molecule is Cc1cc(-c2ccccc2)cc2oc(=O)c(C(=O)CCN(C)C)cc12. The van der Waals surface area contributed by atoms with Gasteiger partial charge in [-0.15, -0.1) is 0 Å². The average Bonchev–Trinajstić information content (AvgIpc) is 2.59. The van der Waals surface area contributed by atoms with Gasteiger partial charge in [-0.3, -0.25) is 4.79 Å². The molecule has 0 amide bonds. The second-order valence-electron chi connectivity index (χ2n) is 6.49. The third kappa shape index (κ3) is 3.69. The maximum absolute atomic E-state index is 12.3. The Kier molecular flexibility index (Phi) is 4.81. The zero-order valence-corrected chi connectivity index (χ0v) is 14.7. The summed E-state index contributed by atoms with van der Waals surface area (Å²) in [6, 6.07) is 15.5. The number of carbonyl (C=O) groups is 1. The van der Waals surface area contributed by atoms with E-state index in [0.29, 0.717) is 18.5 Å². The molecule has 128 valence electrons. The molecule has 0 spiro atoms. The molecule has 0 atom stereocenters. The van der Waals surface area contributed by atoms with Crippen LogP contribution < -0.4 is 5.63 Å². The predicted octanol–water partition coefficient (Wildman–Crippen LogP) is 3.90. The molecule has 0 saturated heterocycles. The van der Waals surface area contributed by atoms with Crippen molar-refractivity contribution in [2.75, 3.05) is 20.6 Å². The van der Waals surface area contributed by atoms with E-state index in [-0.39, 0.29) is 11.3 Å². The van der Waals surface area contributed by atoms with Crippen LogP contribution in [0.3, 0.4) is 0 Å². The third-order valence-electron chi connectivity index (χ3n) is 4.25. The van der Waals surface area contributed by atoms with Gasteiger partial charge in [-0.25, -0.2) is 4.79 Å². The van der Waals surface area contributed by atoms with Gasteiger partial charge < -0.3 is 9.32 Å². The van der Waals surface area contributed by atoms with Crippen LogP contribution >= 0.6 is 0 Å². The highest BCUT2D eigenvalue weighted by Gasteiger charge is 2.15. The van der Waals surface area contributed by atoms with Crippen molar-refractivity contribution in [1.82, 2.24) is 4.90 Å². The van der Waals surface area contributed by atoms with E-state index in [1.807, 2.05) is 68.4 Å². The van der Waals surface area contributed by atoms with Crippen LogP contribution in [0.5, 0.6) is 0 Å². The fourth-order valence-electron chi connectivity index (χ4n) is 2.84. The van der Waals surface area contributed by atoms with Crippen LogP contribution in [0.4, 0.5) is 0 Å². The molecule has 1 heterocycles. The fourth-order valence-corrected chi connectivity index (χ4v) is 2.84. The number of fused-ring (bicyclic) bond motifs is 1. The van der Waals surface area contributed by atoms with Crippen molar-refractivity contribution in [2.45, 2.75) is 13.3 Å². The Hall–Kier alpha value is -2.72. The summed E-state index contributed by atoms with van der Waals surface area (Å²) in [7, 11) is 3.79. The van der Waals surface area contributed by atoms with Gasteiger partial charge in [0.1, 0.15) is 11.1 Å². The Morgan fingerprint density at radius 1 is 1.04 bits per heavy atom. The Labute approximate surface area is 146 Å². The number of carbonyl (C=O) groups excluding carboxylic acids is 1. The molecule has 4 heteroatoms. The lowest BCUT2D eigenvalue weighted by molar-refractivity contribution is 0.0969. The van der Waals surface area contributed by atoms with Crippen LogP contribution in [-0.4, -0.2) is 31.3 Å². The maximum Gasteiger partial charge on any atom is 0.347 e. The van der Waals surface area contributed by atoms with Crippen molar-refractivity contribution >= 4 is 16.8 Å². The molecular weight excluding hydrogens is 314 g/mol. The van der Waals surface area contributed by atoms with Crippen molar-refractivity contribution in [3.63, 3.8) is 0 Å². The number of aryl methyl sites for hydroxylation is 1. The summed E-state index contributed by atoms with van der Waals surface area (Å²) in [5.41, 5.74) is 3.09. The Balaban J connectivity index is 2.06. The molecule has 0 bridgehead atoms. The van der Waals surface area contributed by atoms with Crippen LogP contribution in [0.1, 0.15) is 22.3 Å². The fraction of sp³-hybridized carbons (Fsp3) is 0.238. The minimum absolute atomic E-state index is 0.130. The molecule has 1 aromatic heterocycles. The van der Waals surface area contributed by atoms with E-state index in [2.05, 4.69) is 0 Å². The topological polar surface area (TPSA) is 50.5 Å². The highest BCUT2D eigenvalue weighted by Crippen LogP contribution is 2.27. The predicted molar refractivity (Wildman–Crippen MR) is 100 cm³/mol. The zero-order valence-electron chi connectivity index (χ0n) is 14.7. The van der Waals surface area contributed by atoms with Crippen molar-refractivity contribution < 1.29 is 9.21 Å². The summed E-state index contributed by atoms with van der Waals surface area (Å²) < 4.78 is 5.47. The van der Waals surface area contributed by atoms with Gasteiger partial charge in [-0.2, -0.15) is 0 Å². The van der Waals surface area contributed by atoms with Gasteiger partial charge in [-0.1, -0.05) is 36.4 Å². The normalized spacial score (nSPS) is 11.2. The Bertz CT molecular complexity index is 972. The molecule has 0 radical (unpaired) electrons. The summed E-state index contributed by atoms with van der Waals surface area (Å²) in [4.78, 5) is 26.5. The Morgan fingerprint density at radius 3 is 2.44 bits per heavy atom. The molecule has 0 fully saturated rings. The molecule has 0 N–H and O–H groups in total. The molecule has 4 nitrogen and oxygen atoms in total. The monoisotopic (exact) mass is 335 g/mol. The molecule has 0 aliphatic rings. The molecule has 25 heavy (non-hydrogen) atoms. The Morgan fingerprint density at radius 2 is 1.76 bits per heavy atom. The number of ketones is 1. The molecule has 0 unspecified atom stereocenters. The minimum Gasteiger partial charge on any atom is -0.422 e. The molecule has 3 rings (SSSR count). The number of nitrogens with zero attached hydrogens (tertiary/aromatic N) is 1. The highest BCUT2D eigenvalue weighted by atomic mass is 16.4. The third-order valence-corrected chi connectivity index (χ3v) is 4.25. The number of hydrogen-bond donors (Lipinski definition) is 0. The standard InChI is InChI=1S/C21H21NO3/c1-14-11-16(15-7-5-4-6-8-15)12-20-17(14)13-18(21(24)25-20)19(23)9-10-22(2)3/h4-8,11-13H,9-10H2,1-3H3. The summed E-state index contributed by atoms with van der Waals surface area (Å²) in [5, 5.41) is 0.799. The first-order chi connectivity index (χ1) is 12.0. The quantitative estimate of drug-likeness (QED) is 0.524. The van der Waals surface area contributed by atoms with Crippen LogP contribution in [0, 0.1) is 6.92 Å². The smallest absolute Gasteiger partial charge is 0.347 e. The first kappa shape index (κ1) is 17.1. The van der Waals surface area contributed by atoms with Crippen LogP contribution in [0.2, 0.25) is 0 Å². The van der Waals surface area contributed by atoms with Crippen LogP contribution in [0.15, 0.2) is 57.7 Å². The van der Waals surface area contributed by atoms with E-state index in [9.17, 15) is 9.59 Å². The number of benzene rings is 2. The lowest BCUT2D eigenvalue weighted by atomic mass is 9.99. The van der Waals surface area contributed by atoms with Gasteiger partial charge in [0.2, 0.25) is 0 Å². The maximum atomic E-state index is 12.3. The second kappa shape index (κ2) is 7.03. The van der Waals surface area contributed by atoms with E-state index >= 15 is 0 Å².